The number of methoxy groups -OCH3 is 1. The van der Waals surface area contributed by atoms with Gasteiger partial charge in [0.2, 0.25) is 5.88 Å². The SMILES string of the molecule is COc1cnc2ccc(Cl)c(I)c2n1. The van der Waals surface area contributed by atoms with Crippen molar-refractivity contribution in [1.82, 2.24) is 9.97 Å². The van der Waals surface area contributed by atoms with E-state index in [4.69, 9.17) is 16.3 Å². The van der Waals surface area contributed by atoms with Crippen LogP contribution >= 0.6 is 34.2 Å². The quantitative estimate of drug-likeness (QED) is 0.758. The van der Waals surface area contributed by atoms with Crippen molar-refractivity contribution in [2.45, 2.75) is 0 Å². The second-order valence-electron chi connectivity index (χ2n) is 2.64. The van der Waals surface area contributed by atoms with E-state index in [-0.39, 0.29) is 0 Å². The Morgan fingerprint density at radius 3 is 2.93 bits per heavy atom. The number of hydrogen-bond acceptors (Lipinski definition) is 3. The van der Waals surface area contributed by atoms with Crippen molar-refractivity contribution in [1.29, 1.82) is 0 Å². The van der Waals surface area contributed by atoms with Crippen LogP contribution in [-0.2, 0) is 0 Å². The third kappa shape index (κ3) is 1.64. The Kier molecular flexibility index (Phi) is 2.73. The average Bonchev–Trinajstić information content (AvgIpc) is 2.23. The van der Waals surface area contributed by atoms with Crippen LogP contribution in [0, 0.1) is 3.57 Å². The summed E-state index contributed by atoms with van der Waals surface area (Å²) in [6.07, 6.45) is 1.59. The summed E-state index contributed by atoms with van der Waals surface area (Å²) in [5.74, 6) is 0.498. The summed E-state index contributed by atoms with van der Waals surface area (Å²) in [5.41, 5.74) is 1.59. The normalized spacial score (nSPS) is 10.5. The molecule has 0 fully saturated rings. The molecule has 2 rings (SSSR count). The third-order valence-electron chi connectivity index (χ3n) is 1.79. The van der Waals surface area contributed by atoms with Gasteiger partial charge >= 0.3 is 0 Å². The number of nitrogens with zero attached hydrogens (tertiary/aromatic N) is 2. The molecule has 0 N–H and O–H groups in total. The highest BCUT2D eigenvalue weighted by atomic mass is 127. The van der Waals surface area contributed by atoms with E-state index in [1.54, 1.807) is 13.3 Å². The monoisotopic (exact) mass is 320 g/mol. The Morgan fingerprint density at radius 1 is 1.43 bits per heavy atom. The lowest BCUT2D eigenvalue weighted by Crippen LogP contribution is -1.92. The molecule has 0 radical (unpaired) electrons. The lowest BCUT2D eigenvalue weighted by molar-refractivity contribution is 0.397. The van der Waals surface area contributed by atoms with Crippen LogP contribution < -0.4 is 4.74 Å². The first-order valence-electron chi connectivity index (χ1n) is 3.87. The van der Waals surface area contributed by atoms with Crippen LogP contribution in [0.4, 0.5) is 0 Å². The van der Waals surface area contributed by atoms with Crippen molar-refractivity contribution in [2.75, 3.05) is 7.11 Å². The second-order valence-corrected chi connectivity index (χ2v) is 4.13. The molecule has 1 aromatic heterocycles. The highest BCUT2D eigenvalue weighted by molar-refractivity contribution is 14.1. The van der Waals surface area contributed by atoms with Crippen molar-refractivity contribution in [3.8, 4) is 5.88 Å². The molecule has 5 heteroatoms. The smallest absolute Gasteiger partial charge is 0.232 e. The van der Waals surface area contributed by atoms with Gasteiger partial charge in [-0.15, -0.1) is 0 Å². The summed E-state index contributed by atoms with van der Waals surface area (Å²) in [7, 11) is 1.56. The lowest BCUT2D eigenvalue weighted by atomic mass is 10.3. The lowest BCUT2D eigenvalue weighted by Gasteiger charge is -2.03. The van der Waals surface area contributed by atoms with Crippen LogP contribution in [0.25, 0.3) is 11.0 Å². The van der Waals surface area contributed by atoms with Gasteiger partial charge in [0.1, 0.15) is 5.52 Å². The molecule has 72 valence electrons. The van der Waals surface area contributed by atoms with Gasteiger partial charge in [-0.25, -0.2) is 9.97 Å². The van der Waals surface area contributed by atoms with Gasteiger partial charge in [0.15, 0.2) is 0 Å². The van der Waals surface area contributed by atoms with E-state index in [0.717, 1.165) is 14.6 Å². The number of ether oxygens (including phenoxy) is 1. The van der Waals surface area contributed by atoms with Crippen molar-refractivity contribution >= 4 is 45.2 Å². The molecule has 0 atom stereocenters. The Balaban J connectivity index is 2.78. The van der Waals surface area contributed by atoms with Crippen molar-refractivity contribution in [3.63, 3.8) is 0 Å². The topological polar surface area (TPSA) is 35.0 Å². The second kappa shape index (κ2) is 3.86. The summed E-state index contributed by atoms with van der Waals surface area (Å²) in [6, 6.07) is 3.65. The van der Waals surface area contributed by atoms with Crippen molar-refractivity contribution < 1.29 is 4.74 Å². The molecule has 1 aromatic carbocycles. The summed E-state index contributed by atoms with van der Waals surface area (Å²) in [5, 5.41) is 0.681. The first-order valence-corrected chi connectivity index (χ1v) is 5.33. The number of halogens is 2. The molecule has 0 bridgehead atoms. The molecule has 0 amide bonds. The maximum Gasteiger partial charge on any atom is 0.232 e. The summed E-state index contributed by atoms with van der Waals surface area (Å²) in [6.45, 7) is 0. The highest BCUT2D eigenvalue weighted by Gasteiger charge is 2.06. The zero-order valence-corrected chi connectivity index (χ0v) is 10.2. The molecule has 0 saturated carbocycles. The predicted molar refractivity (Wildman–Crippen MR) is 63.8 cm³/mol. The molecule has 0 aliphatic heterocycles. The fourth-order valence-corrected chi connectivity index (χ4v) is 1.83. The van der Waals surface area contributed by atoms with Gasteiger partial charge in [0.25, 0.3) is 0 Å². The van der Waals surface area contributed by atoms with E-state index in [9.17, 15) is 0 Å². The van der Waals surface area contributed by atoms with Crippen LogP contribution in [0.15, 0.2) is 18.3 Å². The minimum absolute atomic E-state index is 0.498. The highest BCUT2D eigenvalue weighted by Crippen LogP contribution is 2.26. The van der Waals surface area contributed by atoms with E-state index in [0.29, 0.717) is 10.9 Å². The molecular formula is C9H6ClIN2O. The Labute approximate surface area is 99.6 Å². The minimum Gasteiger partial charge on any atom is -0.480 e. The van der Waals surface area contributed by atoms with Gasteiger partial charge in [-0.3, -0.25) is 0 Å². The van der Waals surface area contributed by atoms with Crippen LogP contribution in [0.2, 0.25) is 5.02 Å². The molecule has 3 nitrogen and oxygen atoms in total. The van der Waals surface area contributed by atoms with Gasteiger partial charge < -0.3 is 4.74 Å². The van der Waals surface area contributed by atoms with Gasteiger partial charge in [-0.2, -0.15) is 0 Å². The zero-order valence-electron chi connectivity index (χ0n) is 7.29. The summed E-state index contributed by atoms with van der Waals surface area (Å²) in [4.78, 5) is 8.48. The molecule has 1 heterocycles. The fraction of sp³-hybridized carbons (Fsp3) is 0.111. The van der Waals surface area contributed by atoms with E-state index < -0.39 is 0 Å². The molecule has 0 spiro atoms. The molecule has 0 aliphatic carbocycles. The first kappa shape index (κ1) is 9.92. The van der Waals surface area contributed by atoms with Crippen LogP contribution in [0.5, 0.6) is 5.88 Å². The standard InChI is InChI=1S/C9H6ClIN2O/c1-14-7-4-12-6-3-2-5(10)8(11)9(6)13-7/h2-4H,1H3. The van der Waals surface area contributed by atoms with Gasteiger partial charge in [-0.05, 0) is 34.7 Å². The Morgan fingerprint density at radius 2 is 2.21 bits per heavy atom. The van der Waals surface area contributed by atoms with Gasteiger partial charge in [0, 0.05) is 0 Å². The van der Waals surface area contributed by atoms with Crippen LogP contribution in [-0.4, -0.2) is 17.1 Å². The fourth-order valence-electron chi connectivity index (χ4n) is 1.10. The van der Waals surface area contributed by atoms with Crippen LogP contribution in [0.1, 0.15) is 0 Å². The predicted octanol–water partition coefficient (Wildman–Crippen LogP) is 2.90. The van der Waals surface area contributed by atoms with Gasteiger partial charge in [-0.1, -0.05) is 11.6 Å². The van der Waals surface area contributed by atoms with E-state index in [1.165, 1.54) is 0 Å². The maximum absolute atomic E-state index is 5.97. The largest absolute Gasteiger partial charge is 0.480 e. The number of benzene rings is 1. The molecule has 14 heavy (non-hydrogen) atoms. The summed E-state index contributed by atoms with van der Waals surface area (Å²) >= 11 is 8.11. The Hall–Kier alpha value is -0.620. The molecule has 0 saturated heterocycles. The number of fused-ring (bicyclic) bond motifs is 1. The van der Waals surface area contributed by atoms with E-state index in [2.05, 4.69) is 32.6 Å². The zero-order chi connectivity index (χ0) is 10.1. The van der Waals surface area contributed by atoms with E-state index >= 15 is 0 Å². The van der Waals surface area contributed by atoms with Crippen molar-refractivity contribution in [2.24, 2.45) is 0 Å². The molecular weight excluding hydrogens is 314 g/mol. The molecule has 0 aliphatic rings. The Bertz CT molecular complexity index is 489. The number of hydrogen-bond donors (Lipinski definition) is 0. The van der Waals surface area contributed by atoms with Gasteiger partial charge in [0.05, 0.1) is 27.4 Å². The molecule has 2 aromatic rings. The maximum atomic E-state index is 5.97. The van der Waals surface area contributed by atoms with Crippen LogP contribution in [0.3, 0.4) is 0 Å². The van der Waals surface area contributed by atoms with E-state index in [1.807, 2.05) is 12.1 Å². The number of aromatic nitrogens is 2. The van der Waals surface area contributed by atoms with Crippen molar-refractivity contribution in [3.05, 3.63) is 26.9 Å². The third-order valence-corrected chi connectivity index (χ3v) is 3.52. The average molecular weight is 321 g/mol. The summed E-state index contributed by atoms with van der Waals surface area (Å²) < 4.78 is 5.89. The molecule has 0 unspecified atom stereocenters. The minimum atomic E-state index is 0.498. The number of rotatable bonds is 1. The first-order chi connectivity index (χ1) is 6.72.